The minimum absolute atomic E-state index is 0.0424. The number of rotatable bonds is 5. The number of carbonyl (C=O) groups excluding carboxylic acids is 1. The van der Waals surface area contributed by atoms with Gasteiger partial charge in [-0.05, 0) is 30.4 Å². The van der Waals surface area contributed by atoms with Gasteiger partial charge in [-0.3, -0.25) is 4.79 Å². The first-order valence-corrected chi connectivity index (χ1v) is 9.24. The lowest BCUT2D eigenvalue weighted by atomic mass is 9.84. The topological polar surface area (TPSA) is 59.8 Å². The number of hydrogen-bond donors (Lipinski definition) is 1. The van der Waals surface area contributed by atoms with Crippen LogP contribution in [0.3, 0.4) is 0 Å². The third-order valence-corrected chi connectivity index (χ3v) is 5.13. The summed E-state index contributed by atoms with van der Waals surface area (Å²) in [5.41, 5.74) is 1.59. The number of aromatic nitrogens is 3. The molecule has 0 saturated heterocycles. The molecule has 1 amide bonds. The number of amides is 1. The molecule has 3 aromatic rings. The SMILES string of the molecule is O=C(Nc1ccn(-c2ccnc(F)c2)n1)C(c1ccccc1)C1CCCC1. The van der Waals surface area contributed by atoms with Crippen LogP contribution < -0.4 is 5.32 Å². The summed E-state index contributed by atoms with van der Waals surface area (Å²) in [6.07, 6.45) is 7.55. The van der Waals surface area contributed by atoms with Crippen LogP contribution in [-0.2, 0) is 4.79 Å². The lowest BCUT2D eigenvalue weighted by Crippen LogP contribution is -2.26. The quantitative estimate of drug-likeness (QED) is 0.686. The molecule has 138 valence electrons. The predicted molar refractivity (Wildman–Crippen MR) is 101 cm³/mol. The third kappa shape index (κ3) is 3.89. The van der Waals surface area contributed by atoms with E-state index in [0.29, 0.717) is 17.4 Å². The summed E-state index contributed by atoms with van der Waals surface area (Å²) in [5.74, 6) is 0.00960. The Balaban J connectivity index is 1.54. The van der Waals surface area contributed by atoms with Crippen molar-refractivity contribution in [2.75, 3.05) is 5.32 Å². The highest BCUT2D eigenvalue weighted by Gasteiger charge is 2.32. The number of halogens is 1. The van der Waals surface area contributed by atoms with Crippen LogP contribution >= 0.6 is 0 Å². The molecule has 0 bridgehead atoms. The standard InChI is InChI=1S/C21H21FN4O/c22-18-14-17(10-12-23-18)26-13-11-19(25-26)24-21(27)20(16-8-4-5-9-16)15-6-2-1-3-7-15/h1-3,6-7,10-14,16,20H,4-5,8-9H2,(H,24,25,27). The van der Waals surface area contributed by atoms with E-state index in [4.69, 9.17) is 0 Å². The first-order chi connectivity index (χ1) is 13.2. The second-order valence-electron chi connectivity index (χ2n) is 6.90. The molecule has 0 radical (unpaired) electrons. The molecule has 6 heteroatoms. The van der Waals surface area contributed by atoms with E-state index in [1.807, 2.05) is 30.3 Å². The summed E-state index contributed by atoms with van der Waals surface area (Å²) in [6, 6.07) is 14.6. The molecular formula is C21H21FN4O. The summed E-state index contributed by atoms with van der Waals surface area (Å²) in [5, 5.41) is 7.30. The molecule has 0 aliphatic heterocycles. The van der Waals surface area contributed by atoms with Crippen LogP contribution in [0, 0.1) is 11.9 Å². The summed E-state index contributed by atoms with van der Waals surface area (Å²) >= 11 is 0. The van der Waals surface area contributed by atoms with Gasteiger partial charge in [-0.15, -0.1) is 0 Å². The fraction of sp³-hybridized carbons (Fsp3) is 0.286. The van der Waals surface area contributed by atoms with E-state index >= 15 is 0 Å². The Labute approximate surface area is 157 Å². The molecule has 0 spiro atoms. The van der Waals surface area contributed by atoms with Crippen molar-refractivity contribution in [1.29, 1.82) is 0 Å². The molecule has 1 N–H and O–H groups in total. The van der Waals surface area contributed by atoms with E-state index in [9.17, 15) is 9.18 Å². The second-order valence-corrected chi connectivity index (χ2v) is 6.90. The molecule has 1 atom stereocenters. The fourth-order valence-corrected chi connectivity index (χ4v) is 3.86. The van der Waals surface area contributed by atoms with Crippen molar-refractivity contribution in [2.24, 2.45) is 5.92 Å². The van der Waals surface area contributed by atoms with E-state index in [-0.39, 0.29) is 11.8 Å². The summed E-state index contributed by atoms with van der Waals surface area (Å²) in [6.45, 7) is 0. The van der Waals surface area contributed by atoms with Crippen molar-refractivity contribution < 1.29 is 9.18 Å². The van der Waals surface area contributed by atoms with Gasteiger partial charge in [0.1, 0.15) is 0 Å². The Hall–Kier alpha value is -3.02. The minimum Gasteiger partial charge on any atom is -0.309 e. The number of hydrogen-bond acceptors (Lipinski definition) is 3. The smallest absolute Gasteiger partial charge is 0.233 e. The Morgan fingerprint density at radius 1 is 1.15 bits per heavy atom. The van der Waals surface area contributed by atoms with Gasteiger partial charge >= 0.3 is 0 Å². The lowest BCUT2D eigenvalue weighted by molar-refractivity contribution is -0.118. The maximum atomic E-state index is 13.3. The van der Waals surface area contributed by atoms with Crippen LogP contribution in [-0.4, -0.2) is 20.7 Å². The van der Waals surface area contributed by atoms with Gasteiger partial charge in [0.2, 0.25) is 11.9 Å². The number of anilines is 1. The van der Waals surface area contributed by atoms with Crippen molar-refractivity contribution in [1.82, 2.24) is 14.8 Å². The van der Waals surface area contributed by atoms with Gasteiger partial charge in [0.05, 0.1) is 11.6 Å². The predicted octanol–water partition coefficient (Wildman–Crippen LogP) is 4.32. The van der Waals surface area contributed by atoms with Crippen molar-refractivity contribution in [3.63, 3.8) is 0 Å². The van der Waals surface area contributed by atoms with Gasteiger partial charge in [-0.2, -0.15) is 9.49 Å². The molecule has 4 rings (SSSR count). The Morgan fingerprint density at radius 2 is 1.93 bits per heavy atom. The largest absolute Gasteiger partial charge is 0.309 e. The van der Waals surface area contributed by atoms with E-state index < -0.39 is 5.95 Å². The zero-order valence-electron chi connectivity index (χ0n) is 14.9. The van der Waals surface area contributed by atoms with E-state index in [0.717, 1.165) is 18.4 Å². The Kier molecular flexibility index (Phi) is 4.96. The van der Waals surface area contributed by atoms with Gasteiger partial charge in [-0.25, -0.2) is 9.67 Å². The first-order valence-electron chi connectivity index (χ1n) is 9.24. The van der Waals surface area contributed by atoms with Gasteiger partial charge in [-0.1, -0.05) is 43.2 Å². The number of nitrogens with one attached hydrogen (secondary N) is 1. The number of pyridine rings is 1. The number of nitrogens with zero attached hydrogens (tertiary/aromatic N) is 3. The first kappa shape index (κ1) is 17.4. The van der Waals surface area contributed by atoms with Gasteiger partial charge in [0.25, 0.3) is 0 Å². The van der Waals surface area contributed by atoms with E-state index in [1.165, 1.54) is 29.8 Å². The van der Waals surface area contributed by atoms with Gasteiger partial charge < -0.3 is 5.32 Å². The molecule has 1 saturated carbocycles. The molecule has 1 aliphatic rings. The number of carbonyl (C=O) groups is 1. The molecule has 5 nitrogen and oxygen atoms in total. The maximum Gasteiger partial charge on any atom is 0.233 e. The Bertz CT molecular complexity index is 919. The summed E-state index contributed by atoms with van der Waals surface area (Å²) in [7, 11) is 0. The normalized spacial score (nSPS) is 15.6. The molecule has 1 fully saturated rings. The number of benzene rings is 1. The zero-order valence-corrected chi connectivity index (χ0v) is 14.9. The maximum absolute atomic E-state index is 13.3. The lowest BCUT2D eigenvalue weighted by Gasteiger charge is -2.22. The zero-order chi connectivity index (χ0) is 18.6. The molecule has 1 aromatic carbocycles. The third-order valence-electron chi connectivity index (χ3n) is 5.13. The fourth-order valence-electron chi connectivity index (χ4n) is 3.86. The summed E-state index contributed by atoms with van der Waals surface area (Å²) < 4.78 is 14.8. The minimum atomic E-state index is -0.570. The Morgan fingerprint density at radius 3 is 2.67 bits per heavy atom. The van der Waals surface area contributed by atoms with Crippen LogP contribution in [0.15, 0.2) is 60.9 Å². The summed E-state index contributed by atoms with van der Waals surface area (Å²) in [4.78, 5) is 16.6. The highest BCUT2D eigenvalue weighted by atomic mass is 19.1. The van der Waals surface area contributed by atoms with Crippen LogP contribution in [0.5, 0.6) is 0 Å². The van der Waals surface area contributed by atoms with Crippen molar-refractivity contribution >= 4 is 11.7 Å². The van der Waals surface area contributed by atoms with Crippen LogP contribution in [0.4, 0.5) is 10.2 Å². The van der Waals surface area contributed by atoms with Crippen LogP contribution in [0.25, 0.3) is 5.69 Å². The van der Waals surface area contributed by atoms with Crippen molar-refractivity contribution in [2.45, 2.75) is 31.6 Å². The van der Waals surface area contributed by atoms with Gasteiger partial charge in [0, 0.05) is 24.5 Å². The van der Waals surface area contributed by atoms with Crippen molar-refractivity contribution in [3.8, 4) is 5.69 Å². The van der Waals surface area contributed by atoms with E-state index in [1.54, 1.807) is 18.3 Å². The van der Waals surface area contributed by atoms with Crippen molar-refractivity contribution in [3.05, 3.63) is 72.4 Å². The molecule has 1 unspecified atom stereocenters. The molecule has 2 heterocycles. The average molecular weight is 364 g/mol. The molecular weight excluding hydrogens is 343 g/mol. The monoisotopic (exact) mass is 364 g/mol. The van der Waals surface area contributed by atoms with Crippen LogP contribution in [0.1, 0.15) is 37.2 Å². The second kappa shape index (κ2) is 7.70. The molecule has 1 aliphatic carbocycles. The molecule has 2 aromatic heterocycles. The highest BCUT2D eigenvalue weighted by molar-refractivity contribution is 5.95. The highest BCUT2D eigenvalue weighted by Crippen LogP contribution is 2.38. The van der Waals surface area contributed by atoms with Crippen LogP contribution in [0.2, 0.25) is 0 Å². The van der Waals surface area contributed by atoms with Gasteiger partial charge in [0.15, 0.2) is 5.82 Å². The molecule has 27 heavy (non-hydrogen) atoms. The average Bonchev–Trinajstić information content (AvgIpc) is 3.35. The van der Waals surface area contributed by atoms with E-state index in [2.05, 4.69) is 15.4 Å².